The molecule has 1 atom stereocenters. The van der Waals surface area contributed by atoms with Gasteiger partial charge < -0.3 is 20.7 Å². The number of carbonyl (C=O) groups excluding carboxylic acids is 3. The van der Waals surface area contributed by atoms with Gasteiger partial charge >= 0.3 is 6.09 Å². The minimum Gasteiger partial charge on any atom is -0.445 e. The third-order valence-corrected chi connectivity index (χ3v) is 7.34. The third-order valence-electron chi connectivity index (χ3n) is 6.19. The summed E-state index contributed by atoms with van der Waals surface area (Å²) in [4.78, 5) is 37.4. The molecule has 0 aliphatic carbocycles. The largest absolute Gasteiger partial charge is 0.445 e. The number of benzene rings is 2. The van der Waals surface area contributed by atoms with Gasteiger partial charge in [-0.15, -0.1) is 0 Å². The summed E-state index contributed by atoms with van der Waals surface area (Å²) in [6.07, 6.45) is 10.5. The zero-order valence-electron chi connectivity index (χ0n) is 23.3. The predicted octanol–water partition coefficient (Wildman–Crippen LogP) is 6.69. The van der Waals surface area contributed by atoms with Gasteiger partial charge in [-0.1, -0.05) is 100 Å². The minimum absolute atomic E-state index is 0.0690. The van der Waals surface area contributed by atoms with Crippen LogP contribution in [0, 0.1) is 0 Å². The number of amides is 3. The number of nitrogens with one attached hydrogen (secondary N) is 3. The first-order valence-electron chi connectivity index (χ1n) is 14.3. The average molecular weight is 556 g/mol. The van der Waals surface area contributed by atoms with Crippen molar-refractivity contribution in [2.75, 3.05) is 23.4 Å². The van der Waals surface area contributed by atoms with E-state index in [4.69, 9.17) is 4.74 Å². The third kappa shape index (κ3) is 15.9. The van der Waals surface area contributed by atoms with E-state index in [1.807, 2.05) is 48.5 Å². The Balaban J connectivity index is 1.66. The molecule has 0 unspecified atom stereocenters. The van der Waals surface area contributed by atoms with Crippen LogP contribution in [0.5, 0.6) is 0 Å². The van der Waals surface area contributed by atoms with Gasteiger partial charge in [0.1, 0.15) is 12.6 Å². The van der Waals surface area contributed by atoms with Gasteiger partial charge in [0.2, 0.25) is 11.8 Å². The maximum atomic E-state index is 12.9. The molecule has 2 aromatic carbocycles. The lowest BCUT2D eigenvalue weighted by Gasteiger charge is -2.18. The van der Waals surface area contributed by atoms with Crippen LogP contribution in [0.3, 0.4) is 0 Å². The van der Waals surface area contributed by atoms with Crippen molar-refractivity contribution in [1.82, 2.24) is 10.6 Å². The highest BCUT2D eigenvalue weighted by Gasteiger charge is 2.22. The second kappa shape index (κ2) is 20.9. The van der Waals surface area contributed by atoms with Gasteiger partial charge in [0, 0.05) is 24.4 Å². The van der Waals surface area contributed by atoms with E-state index < -0.39 is 12.1 Å². The van der Waals surface area contributed by atoms with Crippen molar-refractivity contribution in [3.05, 3.63) is 66.2 Å². The Labute approximate surface area is 238 Å². The number of carbonyl (C=O) groups is 3. The second-order valence-electron chi connectivity index (χ2n) is 9.62. The first-order valence-corrected chi connectivity index (χ1v) is 15.4. The molecule has 2 aromatic rings. The predicted molar refractivity (Wildman–Crippen MR) is 161 cm³/mol. The summed E-state index contributed by atoms with van der Waals surface area (Å²) in [6, 6.07) is 17.7. The molecular weight excluding hydrogens is 510 g/mol. The Morgan fingerprint density at radius 1 is 0.821 bits per heavy atom. The molecule has 3 N–H and O–H groups in total. The fourth-order valence-electron chi connectivity index (χ4n) is 3.95. The first kappa shape index (κ1) is 32.2. The summed E-state index contributed by atoms with van der Waals surface area (Å²) in [5, 5.41) is 8.54. The monoisotopic (exact) mass is 555 g/mol. The van der Waals surface area contributed by atoms with E-state index in [0.29, 0.717) is 30.0 Å². The van der Waals surface area contributed by atoms with Crippen molar-refractivity contribution in [2.45, 2.75) is 83.8 Å². The Morgan fingerprint density at radius 3 is 2.15 bits per heavy atom. The average Bonchev–Trinajstić information content (AvgIpc) is 2.95. The van der Waals surface area contributed by atoms with Gasteiger partial charge in [-0.2, -0.15) is 11.8 Å². The molecule has 7 nitrogen and oxygen atoms in total. The molecule has 214 valence electrons. The molecule has 0 aliphatic rings. The number of anilines is 1. The smallest absolute Gasteiger partial charge is 0.408 e. The van der Waals surface area contributed by atoms with Crippen LogP contribution < -0.4 is 16.0 Å². The molecular formula is C31H45N3O4S. The van der Waals surface area contributed by atoms with E-state index in [0.717, 1.165) is 24.9 Å². The molecule has 0 aromatic heterocycles. The highest BCUT2D eigenvalue weighted by molar-refractivity contribution is 7.99. The minimum atomic E-state index is -0.769. The highest BCUT2D eigenvalue weighted by Crippen LogP contribution is 2.12. The molecule has 0 aliphatic heterocycles. The Bertz CT molecular complexity index is 943. The molecule has 0 saturated carbocycles. The number of unbranched alkanes of at least 4 members (excludes halogenated alkanes) is 7. The molecule has 3 amide bonds. The van der Waals surface area contributed by atoms with Gasteiger partial charge in [-0.25, -0.2) is 4.79 Å². The normalized spacial score (nSPS) is 11.4. The van der Waals surface area contributed by atoms with Crippen molar-refractivity contribution in [2.24, 2.45) is 0 Å². The van der Waals surface area contributed by atoms with E-state index in [1.165, 1.54) is 50.3 Å². The van der Waals surface area contributed by atoms with E-state index in [9.17, 15) is 14.4 Å². The molecule has 0 heterocycles. The van der Waals surface area contributed by atoms with Crippen LogP contribution in [-0.2, 0) is 20.9 Å². The van der Waals surface area contributed by atoms with Gasteiger partial charge in [-0.05, 0) is 36.3 Å². The van der Waals surface area contributed by atoms with Crippen molar-refractivity contribution in [3.8, 4) is 0 Å². The van der Waals surface area contributed by atoms with Gasteiger partial charge in [0.15, 0.2) is 0 Å². The van der Waals surface area contributed by atoms with Gasteiger partial charge in [0.25, 0.3) is 0 Å². The van der Waals surface area contributed by atoms with Crippen LogP contribution in [0.25, 0.3) is 0 Å². The van der Waals surface area contributed by atoms with Crippen LogP contribution >= 0.6 is 11.8 Å². The zero-order valence-corrected chi connectivity index (χ0v) is 24.1. The number of rotatable bonds is 20. The summed E-state index contributed by atoms with van der Waals surface area (Å²) in [5.41, 5.74) is 1.53. The number of hydrogen-bond acceptors (Lipinski definition) is 5. The molecule has 0 radical (unpaired) electrons. The molecule has 39 heavy (non-hydrogen) atoms. The van der Waals surface area contributed by atoms with E-state index >= 15 is 0 Å². The van der Waals surface area contributed by atoms with Crippen LogP contribution in [0.2, 0.25) is 0 Å². The fourth-order valence-corrected chi connectivity index (χ4v) is 4.94. The van der Waals surface area contributed by atoms with Crippen molar-refractivity contribution in [1.29, 1.82) is 0 Å². The van der Waals surface area contributed by atoms with Crippen molar-refractivity contribution < 1.29 is 19.1 Å². The van der Waals surface area contributed by atoms with Crippen LogP contribution in [0.4, 0.5) is 10.5 Å². The standard InChI is InChI=1S/C31H45N3O4S/c1-2-3-4-5-6-7-8-15-22-32-29(35)21-16-23-39-25-28(30(36)33-27-19-13-10-14-20-27)34-31(37)38-24-26-17-11-9-12-18-26/h9-14,17-20,28H,2-8,15-16,21-25H2,1H3,(H,32,35)(H,33,36)(H,34,37)/t28-/m0/s1. The van der Waals surface area contributed by atoms with Crippen LogP contribution in [0.15, 0.2) is 60.7 Å². The highest BCUT2D eigenvalue weighted by atomic mass is 32.2. The fraction of sp³-hybridized carbons (Fsp3) is 0.516. The SMILES string of the molecule is CCCCCCCCCCNC(=O)CCCSC[C@H](NC(=O)OCc1ccccc1)C(=O)Nc1ccccc1. The molecule has 8 heteroatoms. The Hall–Kier alpha value is -3.00. The number of hydrogen-bond donors (Lipinski definition) is 3. The summed E-state index contributed by atoms with van der Waals surface area (Å²) in [7, 11) is 0. The molecule has 0 saturated heterocycles. The van der Waals surface area contributed by atoms with Gasteiger partial charge in [-0.3, -0.25) is 9.59 Å². The Morgan fingerprint density at radius 2 is 1.46 bits per heavy atom. The zero-order chi connectivity index (χ0) is 28.0. The number of para-hydroxylation sites is 1. The van der Waals surface area contributed by atoms with Crippen LogP contribution in [0.1, 0.15) is 76.7 Å². The molecule has 2 rings (SSSR count). The summed E-state index contributed by atoms with van der Waals surface area (Å²) in [5.74, 6) is 0.841. The summed E-state index contributed by atoms with van der Waals surface area (Å²) >= 11 is 1.53. The van der Waals surface area contributed by atoms with E-state index in [1.54, 1.807) is 12.1 Å². The number of ether oxygens (including phenoxy) is 1. The molecule has 0 spiro atoms. The molecule has 0 bridgehead atoms. The lowest BCUT2D eigenvalue weighted by molar-refractivity contribution is -0.121. The van der Waals surface area contributed by atoms with Crippen molar-refractivity contribution in [3.63, 3.8) is 0 Å². The lowest BCUT2D eigenvalue weighted by atomic mass is 10.1. The maximum absolute atomic E-state index is 12.9. The summed E-state index contributed by atoms with van der Waals surface area (Å²) < 4.78 is 5.31. The van der Waals surface area contributed by atoms with E-state index in [-0.39, 0.29) is 18.4 Å². The quantitative estimate of drug-likeness (QED) is 0.158. The van der Waals surface area contributed by atoms with Crippen molar-refractivity contribution >= 4 is 35.4 Å². The second-order valence-corrected chi connectivity index (χ2v) is 10.8. The lowest BCUT2D eigenvalue weighted by Crippen LogP contribution is -2.45. The maximum Gasteiger partial charge on any atom is 0.408 e. The van der Waals surface area contributed by atoms with Crippen LogP contribution in [-0.4, -0.2) is 42.0 Å². The number of alkyl carbamates (subject to hydrolysis) is 1. The topological polar surface area (TPSA) is 96.5 Å². The first-order chi connectivity index (χ1) is 19.1. The van der Waals surface area contributed by atoms with Gasteiger partial charge in [0.05, 0.1) is 0 Å². The Kier molecular flexibility index (Phi) is 17.3. The number of thioether (sulfide) groups is 1. The molecule has 0 fully saturated rings. The summed E-state index contributed by atoms with van der Waals surface area (Å²) in [6.45, 7) is 3.09. The van der Waals surface area contributed by atoms with E-state index in [2.05, 4.69) is 22.9 Å².